The number of aromatic carboxylic acids is 1. The third kappa shape index (κ3) is 2.03. The molecule has 0 bridgehead atoms. The number of fused-ring (bicyclic) bond motifs is 1. The lowest BCUT2D eigenvalue weighted by atomic mass is 9.92. The van der Waals surface area contributed by atoms with Crippen LogP contribution in [0.2, 0.25) is 0 Å². The van der Waals surface area contributed by atoms with Crippen molar-refractivity contribution < 1.29 is 9.90 Å². The molecule has 5 heteroatoms. The first kappa shape index (κ1) is 13.9. The number of aromatic nitrogens is 1. The second-order valence-corrected chi connectivity index (χ2v) is 5.11. The molecule has 1 heterocycles. The number of carboxylic acids is 1. The third-order valence-corrected chi connectivity index (χ3v) is 3.70. The van der Waals surface area contributed by atoms with Crippen molar-refractivity contribution in [3.05, 3.63) is 53.6 Å². The minimum absolute atomic E-state index is 0.00685. The first-order chi connectivity index (χ1) is 10.5. The van der Waals surface area contributed by atoms with Gasteiger partial charge in [-0.2, -0.15) is 0 Å². The van der Waals surface area contributed by atoms with Crippen LogP contribution in [-0.2, 0) is 0 Å². The minimum atomic E-state index is -1.10. The van der Waals surface area contributed by atoms with Gasteiger partial charge in [-0.3, -0.25) is 0 Å². The Morgan fingerprint density at radius 2 is 1.82 bits per heavy atom. The van der Waals surface area contributed by atoms with E-state index in [9.17, 15) is 9.90 Å². The predicted molar refractivity (Wildman–Crippen MR) is 87.7 cm³/mol. The molecule has 0 atom stereocenters. The van der Waals surface area contributed by atoms with Crippen LogP contribution in [0.4, 0.5) is 11.5 Å². The van der Waals surface area contributed by atoms with Crippen LogP contribution in [0, 0.1) is 6.92 Å². The molecule has 22 heavy (non-hydrogen) atoms. The van der Waals surface area contributed by atoms with Crippen LogP contribution in [0.3, 0.4) is 0 Å². The van der Waals surface area contributed by atoms with Crippen molar-refractivity contribution in [2.45, 2.75) is 6.92 Å². The number of rotatable bonds is 2. The average Bonchev–Trinajstić information content (AvgIpc) is 2.47. The van der Waals surface area contributed by atoms with Crippen LogP contribution in [0.1, 0.15) is 15.9 Å². The Morgan fingerprint density at radius 3 is 2.50 bits per heavy atom. The van der Waals surface area contributed by atoms with Crippen molar-refractivity contribution >= 4 is 28.4 Å². The fraction of sp³-hybridized carbons (Fsp3) is 0.0588. The van der Waals surface area contributed by atoms with Crippen LogP contribution >= 0.6 is 0 Å². The smallest absolute Gasteiger partial charge is 0.340 e. The highest BCUT2D eigenvalue weighted by Gasteiger charge is 2.22. The van der Waals surface area contributed by atoms with Crippen molar-refractivity contribution in [2.75, 3.05) is 11.5 Å². The number of hydrogen-bond donors (Lipinski definition) is 3. The Bertz CT molecular complexity index is 904. The van der Waals surface area contributed by atoms with Gasteiger partial charge in [-0.15, -0.1) is 0 Å². The van der Waals surface area contributed by atoms with Gasteiger partial charge in [0.1, 0.15) is 11.4 Å². The number of hydrogen-bond acceptors (Lipinski definition) is 4. The summed E-state index contributed by atoms with van der Waals surface area (Å²) in [6.45, 7) is 1.93. The van der Waals surface area contributed by atoms with E-state index in [0.29, 0.717) is 22.2 Å². The monoisotopic (exact) mass is 293 g/mol. The number of benzene rings is 2. The standard InChI is InChI=1S/C17H15N3O2/c1-9-5-2-3-6-10(9)13-11-7-4-8-12(18)15(11)20-16(19)14(13)17(21)22/h2-8H,18H2,1H3,(H2,19,20)(H,21,22). The zero-order valence-corrected chi connectivity index (χ0v) is 12.0. The number of para-hydroxylation sites is 1. The van der Waals surface area contributed by atoms with Gasteiger partial charge in [0.15, 0.2) is 0 Å². The van der Waals surface area contributed by atoms with E-state index in [0.717, 1.165) is 11.1 Å². The minimum Gasteiger partial charge on any atom is -0.478 e. The molecule has 0 fully saturated rings. The lowest BCUT2D eigenvalue weighted by Gasteiger charge is -2.15. The molecule has 3 rings (SSSR count). The number of pyridine rings is 1. The Hall–Kier alpha value is -3.08. The molecule has 0 radical (unpaired) electrons. The maximum atomic E-state index is 11.7. The van der Waals surface area contributed by atoms with E-state index in [4.69, 9.17) is 11.5 Å². The quantitative estimate of drug-likeness (QED) is 0.630. The molecule has 0 saturated heterocycles. The number of nitrogens with two attached hydrogens (primary N) is 2. The SMILES string of the molecule is Cc1ccccc1-c1c(C(=O)O)c(N)nc2c(N)cccc12. The van der Waals surface area contributed by atoms with Gasteiger partial charge in [-0.25, -0.2) is 9.78 Å². The number of anilines is 2. The van der Waals surface area contributed by atoms with E-state index in [1.165, 1.54) is 0 Å². The zero-order valence-electron chi connectivity index (χ0n) is 12.0. The molecule has 0 aliphatic rings. The molecule has 0 spiro atoms. The summed E-state index contributed by atoms with van der Waals surface area (Å²) in [5, 5.41) is 10.3. The number of nitrogens with zero attached hydrogens (tertiary/aromatic N) is 1. The van der Waals surface area contributed by atoms with Gasteiger partial charge in [-0.1, -0.05) is 36.4 Å². The largest absolute Gasteiger partial charge is 0.478 e. The maximum absolute atomic E-state index is 11.7. The zero-order chi connectivity index (χ0) is 15.9. The summed E-state index contributed by atoms with van der Waals surface area (Å²) >= 11 is 0. The fourth-order valence-corrected chi connectivity index (χ4v) is 2.68. The van der Waals surface area contributed by atoms with E-state index in [-0.39, 0.29) is 11.4 Å². The van der Waals surface area contributed by atoms with Crippen LogP contribution in [-0.4, -0.2) is 16.1 Å². The summed E-state index contributed by atoms with van der Waals surface area (Å²) in [6, 6.07) is 12.9. The Morgan fingerprint density at radius 1 is 1.09 bits per heavy atom. The molecule has 0 aliphatic carbocycles. The summed E-state index contributed by atoms with van der Waals surface area (Å²) in [6.07, 6.45) is 0. The van der Waals surface area contributed by atoms with Crippen LogP contribution in [0.15, 0.2) is 42.5 Å². The van der Waals surface area contributed by atoms with Gasteiger partial charge in [0, 0.05) is 10.9 Å². The first-order valence-electron chi connectivity index (χ1n) is 6.77. The van der Waals surface area contributed by atoms with Crippen molar-refractivity contribution in [1.82, 2.24) is 4.98 Å². The van der Waals surface area contributed by atoms with Crippen LogP contribution in [0.25, 0.3) is 22.0 Å². The lowest BCUT2D eigenvalue weighted by molar-refractivity contribution is 0.0698. The highest BCUT2D eigenvalue weighted by molar-refractivity contribution is 6.12. The Balaban J connectivity index is 2.55. The summed E-state index contributed by atoms with van der Waals surface area (Å²) in [4.78, 5) is 15.9. The molecular weight excluding hydrogens is 278 g/mol. The van der Waals surface area contributed by atoms with Crippen molar-refractivity contribution in [1.29, 1.82) is 0 Å². The molecule has 0 saturated carbocycles. The van der Waals surface area contributed by atoms with E-state index < -0.39 is 5.97 Å². The number of carbonyl (C=O) groups is 1. The van der Waals surface area contributed by atoms with Gasteiger partial charge in [0.2, 0.25) is 0 Å². The molecule has 110 valence electrons. The van der Waals surface area contributed by atoms with E-state index in [2.05, 4.69) is 4.98 Å². The lowest BCUT2D eigenvalue weighted by Crippen LogP contribution is -2.09. The molecular formula is C17H15N3O2. The summed E-state index contributed by atoms with van der Waals surface area (Å²) in [5.74, 6) is -1.14. The van der Waals surface area contributed by atoms with Gasteiger partial charge < -0.3 is 16.6 Å². The molecule has 1 aromatic heterocycles. The van der Waals surface area contributed by atoms with Crippen molar-refractivity contribution in [3.63, 3.8) is 0 Å². The molecule has 2 aromatic carbocycles. The Kier molecular flexibility index (Phi) is 3.18. The predicted octanol–water partition coefficient (Wildman–Crippen LogP) is 3.07. The summed E-state index contributed by atoms with van der Waals surface area (Å²) in [7, 11) is 0. The molecule has 5 nitrogen and oxygen atoms in total. The first-order valence-corrected chi connectivity index (χ1v) is 6.77. The Labute approximate surface area is 127 Å². The second kappa shape index (κ2) is 5.04. The normalized spacial score (nSPS) is 10.8. The van der Waals surface area contributed by atoms with Crippen LogP contribution in [0.5, 0.6) is 0 Å². The van der Waals surface area contributed by atoms with Crippen molar-refractivity contribution in [3.8, 4) is 11.1 Å². The summed E-state index contributed by atoms with van der Waals surface area (Å²) < 4.78 is 0. The molecule has 5 N–H and O–H groups in total. The van der Waals surface area contributed by atoms with E-state index in [1.54, 1.807) is 12.1 Å². The van der Waals surface area contributed by atoms with E-state index in [1.807, 2.05) is 37.3 Å². The topological polar surface area (TPSA) is 102 Å². The number of nitrogen functional groups attached to an aromatic ring is 2. The van der Waals surface area contributed by atoms with E-state index >= 15 is 0 Å². The van der Waals surface area contributed by atoms with Gasteiger partial charge in [0.25, 0.3) is 0 Å². The molecule has 0 unspecified atom stereocenters. The highest BCUT2D eigenvalue weighted by Crippen LogP contribution is 2.37. The van der Waals surface area contributed by atoms with Crippen LogP contribution < -0.4 is 11.5 Å². The van der Waals surface area contributed by atoms with Gasteiger partial charge in [0.05, 0.1) is 11.2 Å². The summed E-state index contributed by atoms with van der Waals surface area (Å²) in [5.41, 5.74) is 15.2. The molecule has 0 aliphatic heterocycles. The highest BCUT2D eigenvalue weighted by atomic mass is 16.4. The van der Waals surface area contributed by atoms with Crippen molar-refractivity contribution in [2.24, 2.45) is 0 Å². The van der Waals surface area contributed by atoms with Gasteiger partial charge >= 0.3 is 5.97 Å². The maximum Gasteiger partial charge on any atom is 0.340 e. The average molecular weight is 293 g/mol. The second-order valence-electron chi connectivity index (χ2n) is 5.11. The molecule has 0 amide bonds. The fourth-order valence-electron chi connectivity index (χ4n) is 2.68. The van der Waals surface area contributed by atoms with Gasteiger partial charge in [-0.05, 0) is 24.1 Å². The molecule has 3 aromatic rings. The third-order valence-electron chi connectivity index (χ3n) is 3.70. The number of carboxylic acid groups (broad SMARTS) is 1. The number of aryl methyl sites for hydroxylation is 1.